The van der Waals surface area contributed by atoms with Crippen LogP contribution in [0.15, 0.2) is 35.2 Å². The molecule has 0 atom stereocenters. The van der Waals surface area contributed by atoms with Gasteiger partial charge in [0.15, 0.2) is 0 Å². The summed E-state index contributed by atoms with van der Waals surface area (Å²) in [6, 6.07) is 6.03. The molecule has 0 radical (unpaired) electrons. The van der Waals surface area contributed by atoms with Gasteiger partial charge in [-0.2, -0.15) is 0 Å². The van der Waals surface area contributed by atoms with Gasteiger partial charge in [-0.05, 0) is 23.1 Å². The van der Waals surface area contributed by atoms with Crippen molar-refractivity contribution in [3.63, 3.8) is 0 Å². The van der Waals surface area contributed by atoms with Crippen LogP contribution in [-0.4, -0.2) is 27.8 Å². The summed E-state index contributed by atoms with van der Waals surface area (Å²) in [5, 5.41) is 12.7. The zero-order chi connectivity index (χ0) is 12.5. The van der Waals surface area contributed by atoms with E-state index >= 15 is 0 Å². The van der Waals surface area contributed by atoms with E-state index in [9.17, 15) is 4.79 Å². The molecule has 0 aliphatic carbocycles. The predicted octanol–water partition coefficient (Wildman–Crippen LogP) is 2.38. The minimum Gasteiger partial charge on any atom is -0.465 e. The van der Waals surface area contributed by atoms with Crippen LogP contribution in [-0.2, 0) is 13.0 Å². The molecule has 92 valence electrons. The van der Waals surface area contributed by atoms with Crippen molar-refractivity contribution in [2.75, 3.05) is 6.54 Å². The summed E-state index contributed by atoms with van der Waals surface area (Å²) < 4.78 is 4.83. The number of nitrogens with zero attached hydrogens (tertiary/aromatic N) is 2. The van der Waals surface area contributed by atoms with Crippen molar-refractivity contribution in [2.24, 2.45) is 0 Å². The highest BCUT2D eigenvalue weighted by atomic mass is 16.5. The van der Waals surface area contributed by atoms with E-state index < -0.39 is 6.09 Å². The van der Waals surface area contributed by atoms with E-state index in [0.29, 0.717) is 13.1 Å². The van der Waals surface area contributed by atoms with E-state index in [4.69, 9.17) is 9.63 Å². The number of carboxylic acid groups (broad SMARTS) is 1. The summed E-state index contributed by atoms with van der Waals surface area (Å²) in [4.78, 5) is 12.4. The predicted molar refractivity (Wildman–Crippen MR) is 64.1 cm³/mol. The first kappa shape index (κ1) is 10.8. The van der Waals surface area contributed by atoms with Crippen LogP contribution in [0.5, 0.6) is 0 Å². The molecule has 1 N–H and O–H groups in total. The molecule has 0 bridgehead atoms. The topological polar surface area (TPSA) is 66.6 Å². The molecule has 0 fully saturated rings. The average Bonchev–Trinajstić information content (AvgIpc) is 2.91. The van der Waals surface area contributed by atoms with Gasteiger partial charge in [-0.15, -0.1) is 0 Å². The Morgan fingerprint density at radius 1 is 1.33 bits per heavy atom. The number of hydrogen-bond donors (Lipinski definition) is 1. The number of rotatable bonds is 1. The van der Waals surface area contributed by atoms with Gasteiger partial charge in [0.25, 0.3) is 0 Å². The first-order chi connectivity index (χ1) is 8.74. The quantitative estimate of drug-likeness (QED) is 0.836. The maximum atomic E-state index is 10.9. The van der Waals surface area contributed by atoms with E-state index in [1.165, 1.54) is 10.5 Å². The molecule has 1 aliphatic heterocycles. The van der Waals surface area contributed by atoms with Gasteiger partial charge in [-0.25, -0.2) is 4.79 Å². The molecule has 1 aromatic heterocycles. The van der Waals surface area contributed by atoms with Crippen molar-refractivity contribution >= 4 is 6.09 Å². The number of fused-ring (bicyclic) bond motifs is 1. The fourth-order valence-corrected chi connectivity index (χ4v) is 2.24. The van der Waals surface area contributed by atoms with Gasteiger partial charge in [0.1, 0.15) is 6.26 Å². The number of aromatic nitrogens is 1. The van der Waals surface area contributed by atoms with Gasteiger partial charge < -0.3 is 14.5 Å². The highest BCUT2D eigenvalue weighted by Gasteiger charge is 2.20. The Morgan fingerprint density at radius 2 is 2.22 bits per heavy atom. The molecule has 0 spiro atoms. The van der Waals surface area contributed by atoms with Crippen molar-refractivity contribution in [2.45, 2.75) is 13.0 Å². The minimum absolute atomic E-state index is 0.467. The Kier molecular flexibility index (Phi) is 2.51. The number of hydrogen-bond acceptors (Lipinski definition) is 3. The fourth-order valence-electron chi connectivity index (χ4n) is 2.24. The average molecular weight is 244 g/mol. The number of carbonyl (C=O) groups is 1. The summed E-state index contributed by atoms with van der Waals surface area (Å²) in [6.07, 6.45) is 3.17. The van der Waals surface area contributed by atoms with Gasteiger partial charge in [0.05, 0.1) is 6.20 Å². The molecule has 1 aromatic carbocycles. The van der Waals surface area contributed by atoms with Crippen LogP contribution < -0.4 is 0 Å². The molecule has 3 rings (SSSR count). The summed E-state index contributed by atoms with van der Waals surface area (Å²) in [7, 11) is 0. The van der Waals surface area contributed by atoms with Crippen molar-refractivity contribution in [3.05, 3.63) is 41.8 Å². The SMILES string of the molecule is O=C(O)N1CCc2cc(-c3cnoc3)ccc2C1. The third kappa shape index (κ3) is 1.84. The first-order valence-corrected chi connectivity index (χ1v) is 5.73. The van der Waals surface area contributed by atoms with Gasteiger partial charge in [-0.1, -0.05) is 23.4 Å². The summed E-state index contributed by atoms with van der Waals surface area (Å²) in [5.41, 5.74) is 4.27. The van der Waals surface area contributed by atoms with Crippen molar-refractivity contribution in [1.82, 2.24) is 10.1 Å². The molecule has 1 amide bonds. The molecule has 0 unspecified atom stereocenters. The molecule has 1 aliphatic rings. The third-order valence-corrected chi connectivity index (χ3v) is 3.25. The van der Waals surface area contributed by atoms with Crippen LogP contribution in [0.1, 0.15) is 11.1 Å². The van der Waals surface area contributed by atoms with Crippen LogP contribution in [0.25, 0.3) is 11.1 Å². The Hall–Kier alpha value is -2.30. The third-order valence-electron chi connectivity index (χ3n) is 3.25. The number of amides is 1. The Balaban J connectivity index is 1.92. The minimum atomic E-state index is -0.858. The molecule has 0 saturated heterocycles. The monoisotopic (exact) mass is 244 g/mol. The smallest absolute Gasteiger partial charge is 0.407 e. The Labute approximate surface area is 104 Å². The van der Waals surface area contributed by atoms with Crippen LogP contribution in [0.2, 0.25) is 0 Å². The van der Waals surface area contributed by atoms with E-state index in [1.807, 2.05) is 12.1 Å². The van der Waals surface area contributed by atoms with Crippen molar-refractivity contribution in [1.29, 1.82) is 0 Å². The summed E-state index contributed by atoms with van der Waals surface area (Å²) in [5.74, 6) is 0. The fraction of sp³-hybridized carbons (Fsp3) is 0.231. The van der Waals surface area contributed by atoms with E-state index in [0.717, 1.165) is 23.1 Å². The second kappa shape index (κ2) is 4.18. The molecular formula is C13H12N2O3. The van der Waals surface area contributed by atoms with Gasteiger partial charge in [0, 0.05) is 18.7 Å². The second-order valence-electron chi connectivity index (χ2n) is 4.35. The van der Waals surface area contributed by atoms with Crippen LogP contribution in [0.3, 0.4) is 0 Å². The molecule has 2 aromatic rings. The summed E-state index contributed by atoms with van der Waals surface area (Å²) in [6.45, 7) is 1.02. The molecule has 5 heteroatoms. The first-order valence-electron chi connectivity index (χ1n) is 5.73. The van der Waals surface area contributed by atoms with E-state index in [2.05, 4.69) is 11.2 Å². The Morgan fingerprint density at radius 3 is 2.94 bits per heavy atom. The summed E-state index contributed by atoms with van der Waals surface area (Å²) >= 11 is 0. The maximum absolute atomic E-state index is 10.9. The lowest BCUT2D eigenvalue weighted by Crippen LogP contribution is -2.34. The highest BCUT2D eigenvalue weighted by molar-refractivity contribution is 5.67. The zero-order valence-electron chi connectivity index (χ0n) is 9.67. The van der Waals surface area contributed by atoms with Crippen molar-refractivity contribution in [3.8, 4) is 11.1 Å². The lowest BCUT2D eigenvalue weighted by Gasteiger charge is -2.26. The number of benzene rings is 1. The maximum Gasteiger partial charge on any atom is 0.407 e. The van der Waals surface area contributed by atoms with Gasteiger partial charge in [-0.3, -0.25) is 0 Å². The molecule has 0 saturated carbocycles. The van der Waals surface area contributed by atoms with Crippen LogP contribution in [0, 0.1) is 0 Å². The lowest BCUT2D eigenvalue weighted by atomic mass is 9.96. The molecule has 18 heavy (non-hydrogen) atoms. The normalized spacial score (nSPS) is 14.3. The highest BCUT2D eigenvalue weighted by Crippen LogP contribution is 2.26. The van der Waals surface area contributed by atoms with Crippen molar-refractivity contribution < 1.29 is 14.4 Å². The molecule has 2 heterocycles. The van der Waals surface area contributed by atoms with E-state index in [-0.39, 0.29) is 0 Å². The lowest BCUT2D eigenvalue weighted by molar-refractivity contribution is 0.140. The van der Waals surface area contributed by atoms with Crippen LogP contribution >= 0.6 is 0 Å². The molecule has 5 nitrogen and oxygen atoms in total. The van der Waals surface area contributed by atoms with Gasteiger partial charge in [0.2, 0.25) is 0 Å². The molecular weight excluding hydrogens is 232 g/mol. The van der Waals surface area contributed by atoms with Crippen LogP contribution in [0.4, 0.5) is 4.79 Å². The largest absolute Gasteiger partial charge is 0.465 e. The van der Waals surface area contributed by atoms with Gasteiger partial charge >= 0.3 is 6.09 Å². The second-order valence-corrected chi connectivity index (χ2v) is 4.35. The standard InChI is InChI=1S/C13H12N2O3/c16-13(17)15-4-3-10-5-9(1-2-11(10)7-15)12-6-14-18-8-12/h1-2,5-6,8H,3-4,7H2,(H,16,17). The van der Waals surface area contributed by atoms with E-state index in [1.54, 1.807) is 12.5 Å². The zero-order valence-corrected chi connectivity index (χ0v) is 9.67. The Bertz CT molecular complexity index is 578.